The number of unbranched alkanes of at least 4 members (excludes halogenated alkanes) is 1. The molecule has 5 heteroatoms. The number of carbonyl (C=O) groups is 1. The molecule has 0 bridgehead atoms. The summed E-state index contributed by atoms with van der Waals surface area (Å²) < 4.78 is 11.7. The van der Waals surface area contributed by atoms with Crippen LogP contribution in [-0.2, 0) is 14.3 Å². The Labute approximate surface area is 138 Å². The van der Waals surface area contributed by atoms with Crippen LogP contribution in [0.15, 0.2) is 11.8 Å². The quantitative estimate of drug-likeness (QED) is 0.731. The molecule has 1 saturated carbocycles. The van der Waals surface area contributed by atoms with Gasteiger partial charge in [0.2, 0.25) is 6.29 Å². The first-order valence-electron chi connectivity index (χ1n) is 9.18. The zero-order valence-electron chi connectivity index (χ0n) is 13.9. The van der Waals surface area contributed by atoms with Crippen molar-refractivity contribution in [1.29, 1.82) is 0 Å². The van der Waals surface area contributed by atoms with Crippen molar-refractivity contribution in [2.45, 2.75) is 57.7 Å². The van der Waals surface area contributed by atoms with Gasteiger partial charge in [-0.25, -0.2) is 0 Å². The Hall–Kier alpha value is -1.07. The van der Waals surface area contributed by atoms with E-state index in [2.05, 4.69) is 6.08 Å². The molecule has 2 aliphatic heterocycles. The fourth-order valence-corrected chi connectivity index (χ4v) is 3.47. The predicted octanol–water partition coefficient (Wildman–Crippen LogP) is 2.44. The molecule has 130 valence electrons. The van der Waals surface area contributed by atoms with Crippen LogP contribution in [0.2, 0.25) is 0 Å². The number of allylic oxidation sites excluding steroid dienone is 1. The molecule has 1 saturated heterocycles. The number of amides is 1. The molecule has 0 radical (unpaired) electrons. The zero-order valence-corrected chi connectivity index (χ0v) is 13.9. The SMILES string of the molecule is O=C(C1=C[C@@H](C2CC2)C[C@@H](OCCCCO)O1)N1CCCCC1. The minimum absolute atomic E-state index is 0.0407. The van der Waals surface area contributed by atoms with Crippen LogP contribution < -0.4 is 0 Å². The molecule has 0 aromatic rings. The second-order valence-corrected chi connectivity index (χ2v) is 6.97. The summed E-state index contributed by atoms with van der Waals surface area (Å²) in [7, 11) is 0. The molecule has 1 N–H and O–H groups in total. The van der Waals surface area contributed by atoms with E-state index in [-0.39, 0.29) is 18.8 Å². The molecule has 3 rings (SSSR count). The number of ether oxygens (including phenoxy) is 2. The van der Waals surface area contributed by atoms with Gasteiger partial charge in [-0.2, -0.15) is 0 Å². The summed E-state index contributed by atoms with van der Waals surface area (Å²) in [6, 6.07) is 0. The molecule has 2 heterocycles. The lowest BCUT2D eigenvalue weighted by atomic mass is 9.96. The second-order valence-electron chi connectivity index (χ2n) is 6.97. The molecule has 5 nitrogen and oxygen atoms in total. The third-order valence-electron chi connectivity index (χ3n) is 5.03. The molecule has 0 aromatic carbocycles. The molecular weight excluding hydrogens is 294 g/mol. The van der Waals surface area contributed by atoms with Crippen molar-refractivity contribution in [1.82, 2.24) is 4.90 Å². The predicted molar refractivity (Wildman–Crippen MR) is 86.5 cm³/mol. The fraction of sp³-hybridized carbons (Fsp3) is 0.833. The number of hydrogen-bond acceptors (Lipinski definition) is 4. The normalized spacial score (nSPS) is 28.2. The number of rotatable bonds is 7. The van der Waals surface area contributed by atoms with E-state index in [9.17, 15) is 4.79 Å². The van der Waals surface area contributed by atoms with E-state index in [1.54, 1.807) is 0 Å². The average molecular weight is 323 g/mol. The van der Waals surface area contributed by atoms with E-state index in [1.807, 2.05) is 4.90 Å². The molecule has 0 unspecified atom stereocenters. The van der Waals surface area contributed by atoms with Gasteiger partial charge in [-0.3, -0.25) is 4.79 Å². The van der Waals surface area contributed by atoms with Crippen LogP contribution in [0, 0.1) is 11.8 Å². The van der Waals surface area contributed by atoms with Crippen LogP contribution in [0.25, 0.3) is 0 Å². The third-order valence-corrected chi connectivity index (χ3v) is 5.03. The summed E-state index contributed by atoms with van der Waals surface area (Å²) in [4.78, 5) is 14.6. The smallest absolute Gasteiger partial charge is 0.288 e. The van der Waals surface area contributed by atoms with Gasteiger partial charge in [0.15, 0.2) is 5.76 Å². The van der Waals surface area contributed by atoms with Crippen molar-refractivity contribution < 1.29 is 19.4 Å². The largest absolute Gasteiger partial charge is 0.459 e. The molecule has 1 aliphatic carbocycles. The first-order chi connectivity index (χ1) is 11.3. The van der Waals surface area contributed by atoms with Gasteiger partial charge in [-0.15, -0.1) is 0 Å². The average Bonchev–Trinajstić information content (AvgIpc) is 3.44. The minimum atomic E-state index is -0.312. The first kappa shape index (κ1) is 16.8. The number of nitrogens with zero attached hydrogens (tertiary/aromatic N) is 1. The van der Waals surface area contributed by atoms with Crippen molar-refractivity contribution >= 4 is 5.91 Å². The van der Waals surface area contributed by atoms with E-state index >= 15 is 0 Å². The van der Waals surface area contributed by atoms with Crippen LogP contribution in [0.3, 0.4) is 0 Å². The Kier molecular flexibility index (Phi) is 5.95. The van der Waals surface area contributed by atoms with Gasteiger partial charge in [0.25, 0.3) is 5.91 Å². The lowest BCUT2D eigenvalue weighted by Gasteiger charge is -2.33. The highest BCUT2D eigenvalue weighted by atomic mass is 16.7. The van der Waals surface area contributed by atoms with Crippen molar-refractivity contribution in [3.63, 3.8) is 0 Å². The molecular formula is C18H29NO4. The number of piperidine rings is 1. The van der Waals surface area contributed by atoms with Gasteiger partial charge >= 0.3 is 0 Å². The van der Waals surface area contributed by atoms with Gasteiger partial charge in [0.1, 0.15) is 0 Å². The monoisotopic (exact) mass is 323 g/mol. The molecule has 0 spiro atoms. The van der Waals surface area contributed by atoms with E-state index in [4.69, 9.17) is 14.6 Å². The summed E-state index contributed by atoms with van der Waals surface area (Å²) in [5.74, 6) is 1.66. The van der Waals surface area contributed by atoms with Crippen molar-refractivity contribution in [2.75, 3.05) is 26.3 Å². The molecule has 3 aliphatic rings. The maximum absolute atomic E-state index is 12.7. The Morgan fingerprint density at radius 2 is 2.04 bits per heavy atom. The summed E-state index contributed by atoms with van der Waals surface area (Å²) in [6.45, 7) is 2.46. The third kappa shape index (κ3) is 4.70. The van der Waals surface area contributed by atoms with Crippen molar-refractivity contribution in [2.24, 2.45) is 11.8 Å². The van der Waals surface area contributed by atoms with Crippen molar-refractivity contribution in [3.8, 4) is 0 Å². The topological polar surface area (TPSA) is 59.0 Å². The zero-order chi connectivity index (χ0) is 16.1. The Balaban J connectivity index is 1.58. The summed E-state index contributed by atoms with van der Waals surface area (Å²) in [6.07, 6.45) is 10.1. The Morgan fingerprint density at radius 3 is 2.74 bits per heavy atom. The molecule has 23 heavy (non-hydrogen) atoms. The number of carbonyl (C=O) groups excluding carboxylic acids is 1. The van der Waals surface area contributed by atoms with E-state index in [0.717, 1.165) is 45.2 Å². The van der Waals surface area contributed by atoms with Crippen molar-refractivity contribution in [3.05, 3.63) is 11.8 Å². The summed E-state index contributed by atoms with van der Waals surface area (Å²) in [5.41, 5.74) is 0. The van der Waals surface area contributed by atoms with Crippen LogP contribution >= 0.6 is 0 Å². The van der Waals surface area contributed by atoms with Crippen LogP contribution in [-0.4, -0.2) is 48.5 Å². The fourth-order valence-electron chi connectivity index (χ4n) is 3.47. The maximum atomic E-state index is 12.7. The number of hydrogen-bond donors (Lipinski definition) is 1. The highest BCUT2D eigenvalue weighted by molar-refractivity contribution is 5.91. The number of aliphatic hydroxyl groups is 1. The van der Waals surface area contributed by atoms with Crippen LogP contribution in [0.4, 0.5) is 0 Å². The van der Waals surface area contributed by atoms with E-state index in [1.165, 1.54) is 19.3 Å². The van der Waals surface area contributed by atoms with E-state index < -0.39 is 0 Å². The van der Waals surface area contributed by atoms with Gasteiger partial charge in [0.05, 0.1) is 6.61 Å². The highest BCUT2D eigenvalue weighted by Gasteiger charge is 2.38. The number of likely N-dealkylation sites (tertiary alicyclic amines) is 1. The summed E-state index contributed by atoms with van der Waals surface area (Å²) in [5, 5.41) is 8.84. The van der Waals surface area contributed by atoms with Crippen LogP contribution in [0.1, 0.15) is 51.4 Å². The van der Waals surface area contributed by atoms with Crippen LogP contribution in [0.5, 0.6) is 0 Å². The lowest BCUT2D eigenvalue weighted by molar-refractivity contribution is -0.156. The molecule has 2 atom stereocenters. The maximum Gasteiger partial charge on any atom is 0.288 e. The highest BCUT2D eigenvalue weighted by Crippen LogP contribution is 2.43. The van der Waals surface area contributed by atoms with E-state index in [0.29, 0.717) is 24.2 Å². The summed E-state index contributed by atoms with van der Waals surface area (Å²) >= 11 is 0. The second kappa shape index (κ2) is 8.15. The molecule has 2 fully saturated rings. The Bertz CT molecular complexity index is 427. The van der Waals surface area contributed by atoms with Gasteiger partial charge in [-0.1, -0.05) is 0 Å². The Morgan fingerprint density at radius 1 is 1.26 bits per heavy atom. The molecule has 1 amide bonds. The standard InChI is InChI=1S/C18H29NO4/c20-10-4-5-11-22-17-13-15(14-6-7-14)12-16(23-17)18(21)19-8-2-1-3-9-19/h12,14-15,17,20H,1-11,13H2/t15-,17+/m1/s1. The van der Waals surface area contributed by atoms with Gasteiger partial charge in [-0.05, 0) is 62.9 Å². The van der Waals surface area contributed by atoms with Gasteiger partial charge in [0, 0.05) is 26.1 Å². The molecule has 0 aromatic heterocycles. The minimum Gasteiger partial charge on any atom is -0.459 e. The first-order valence-corrected chi connectivity index (χ1v) is 9.18. The van der Waals surface area contributed by atoms with Gasteiger partial charge < -0.3 is 19.5 Å². The lowest BCUT2D eigenvalue weighted by Crippen LogP contribution is -2.39. The number of aliphatic hydroxyl groups excluding tert-OH is 1.